The van der Waals surface area contributed by atoms with Crippen LogP contribution in [-0.2, 0) is 23.8 Å². The molecule has 0 saturated heterocycles. The number of nitrogens with one attached hydrogen (secondary N) is 2. The number of halogens is 1. The fourth-order valence-electron chi connectivity index (χ4n) is 1.22. The number of alkyl halides is 1. The van der Waals surface area contributed by atoms with E-state index >= 15 is 0 Å². The molecule has 0 aromatic heterocycles. The topological polar surface area (TPSA) is 85.9 Å². The number of rotatable bonds is 14. The maximum Gasteiger partial charge on any atom is 0.246 e. The molecule has 7 nitrogen and oxygen atoms in total. The van der Waals surface area contributed by atoms with E-state index in [1.807, 2.05) is 27.7 Å². The second kappa shape index (κ2) is 18.8. The summed E-state index contributed by atoms with van der Waals surface area (Å²) in [6.07, 6.45) is -0.767. The second-order valence-corrected chi connectivity index (χ2v) is 4.52. The number of hydrogen-bond acceptors (Lipinski definition) is 5. The van der Waals surface area contributed by atoms with E-state index in [4.69, 9.17) is 14.2 Å². The lowest BCUT2D eigenvalue weighted by molar-refractivity contribution is -0.127. The predicted molar refractivity (Wildman–Crippen MR) is 86.0 cm³/mol. The Morgan fingerprint density at radius 2 is 1.83 bits per heavy atom. The molecule has 1 atom stereocenters. The standard InChI is InChI=1S/C13H25FN2O5.C2H6/c1-11(2)21-9-13(18)16-3-4-19-5-6-20-8-12(14)7-15-10-17;1-2/h10-12H,3-9H2,1-2H3,(H,15,17)(H,16,18);1-2H3. The Labute approximate surface area is 138 Å². The van der Waals surface area contributed by atoms with Crippen LogP contribution in [0.1, 0.15) is 27.7 Å². The number of carbonyl (C=O) groups excluding carboxylic acids is 2. The van der Waals surface area contributed by atoms with Crippen molar-refractivity contribution in [2.24, 2.45) is 0 Å². The lowest BCUT2D eigenvalue weighted by Gasteiger charge is -2.10. The highest BCUT2D eigenvalue weighted by molar-refractivity contribution is 5.77. The van der Waals surface area contributed by atoms with Crippen LogP contribution in [0.3, 0.4) is 0 Å². The summed E-state index contributed by atoms with van der Waals surface area (Å²) >= 11 is 0. The van der Waals surface area contributed by atoms with E-state index in [-0.39, 0.29) is 38.4 Å². The summed E-state index contributed by atoms with van der Waals surface area (Å²) in [5.41, 5.74) is 0. The summed E-state index contributed by atoms with van der Waals surface area (Å²) in [5, 5.41) is 4.87. The van der Waals surface area contributed by atoms with Crippen molar-refractivity contribution in [2.45, 2.75) is 40.0 Å². The van der Waals surface area contributed by atoms with Crippen molar-refractivity contribution in [2.75, 3.05) is 46.1 Å². The Kier molecular flexibility index (Phi) is 19.6. The third kappa shape index (κ3) is 20.8. The van der Waals surface area contributed by atoms with Crippen molar-refractivity contribution in [3.8, 4) is 0 Å². The molecule has 23 heavy (non-hydrogen) atoms. The van der Waals surface area contributed by atoms with Gasteiger partial charge in [0, 0.05) is 6.54 Å². The molecule has 0 aliphatic heterocycles. The van der Waals surface area contributed by atoms with Gasteiger partial charge >= 0.3 is 0 Å². The average molecular weight is 338 g/mol. The predicted octanol–water partition coefficient (Wildman–Crippen LogP) is 0.671. The molecule has 1 unspecified atom stereocenters. The molecule has 8 heteroatoms. The minimum absolute atomic E-state index is 0.0187. The fourth-order valence-corrected chi connectivity index (χ4v) is 1.22. The third-order valence-electron chi connectivity index (χ3n) is 2.21. The summed E-state index contributed by atoms with van der Waals surface area (Å²) in [5.74, 6) is -0.188. The molecule has 0 aromatic rings. The average Bonchev–Trinajstić information content (AvgIpc) is 2.55. The van der Waals surface area contributed by atoms with Crippen molar-refractivity contribution in [3.63, 3.8) is 0 Å². The number of carbonyl (C=O) groups is 2. The van der Waals surface area contributed by atoms with Crippen molar-refractivity contribution in [1.82, 2.24) is 10.6 Å². The summed E-state index contributed by atoms with van der Waals surface area (Å²) in [4.78, 5) is 21.2. The Hall–Kier alpha value is -1.25. The molecule has 2 N–H and O–H groups in total. The largest absolute Gasteiger partial charge is 0.377 e. The Bertz CT molecular complexity index is 281. The van der Waals surface area contributed by atoms with Gasteiger partial charge in [0.1, 0.15) is 12.8 Å². The normalized spacial score (nSPS) is 11.4. The quantitative estimate of drug-likeness (QED) is 0.359. The van der Waals surface area contributed by atoms with Gasteiger partial charge in [-0.15, -0.1) is 0 Å². The van der Waals surface area contributed by atoms with Gasteiger partial charge in [-0.25, -0.2) is 4.39 Å². The molecule has 0 fully saturated rings. The van der Waals surface area contributed by atoms with Crippen LogP contribution in [0.25, 0.3) is 0 Å². The van der Waals surface area contributed by atoms with Gasteiger partial charge < -0.3 is 24.8 Å². The van der Waals surface area contributed by atoms with E-state index < -0.39 is 6.17 Å². The second-order valence-electron chi connectivity index (χ2n) is 4.52. The molecule has 0 bridgehead atoms. The molecule has 0 aromatic carbocycles. The highest BCUT2D eigenvalue weighted by Gasteiger charge is 2.05. The van der Waals surface area contributed by atoms with Gasteiger partial charge in [0.15, 0.2) is 0 Å². The zero-order chi connectivity index (χ0) is 17.9. The van der Waals surface area contributed by atoms with E-state index in [1.54, 1.807) is 0 Å². The van der Waals surface area contributed by atoms with Gasteiger partial charge in [-0.05, 0) is 13.8 Å². The maximum atomic E-state index is 13.0. The smallest absolute Gasteiger partial charge is 0.246 e. The van der Waals surface area contributed by atoms with Gasteiger partial charge in [-0.1, -0.05) is 13.8 Å². The molecule has 0 rings (SSSR count). The van der Waals surface area contributed by atoms with Gasteiger partial charge in [-0.3, -0.25) is 9.59 Å². The van der Waals surface area contributed by atoms with Gasteiger partial charge in [0.2, 0.25) is 12.3 Å². The Morgan fingerprint density at radius 3 is 2.43 bits per heavy atom. The first kappa shape index (κ1) is 24.0. The molecule has 0 aliphatic rings. The SMILES string of the molecule is CC.CC(C)OCC(=O)NCCOCCOCC(F)CNC=O. The van der Waals surface area contributed by atoms with E-state index in [0.717, 1.165) is 0 Å². The summed E-state index contributed by atoms with van der Waals surface area (Å²) in [7, 11) is 0. The first-order valence-corrected chi connectivity index (χ1v) is 7.91. The molecule has 0 saturated carbocycles. The minimum atomic E-state index is -1.23. The third-order valence-corrected chi connectivity index (χ3v) is 2.21. The lowest BCUT2D eigenvalue weighted by Crippen LogP contribution is -2.31. The first-order chi connectivity index (χ1) is 11.1. The van der Waals surface area contributed by atoms with Crippen LogP contribution in [0.2, 0.25) is 0 Å². The molecule has 0 radical (unpaired) electrons. The van der Waals surface area contributed by atoms with Crippen LogP contribution >= 0.6 is 0 Å². The molecule has 0 spiro atoms. The molecule has 2 amide bonds. The molecule has 0 heterocycles. The molecular formula is C15H31FN2O5. The molecule has 0 aliphatic carbocycles. The van der Waals surface area contributed by atoms with Gasteiger partial charge in [-0.2, -0.15) is 0 Å². The Balaban J connectivity index is 0. The van der Waals surface area contributed by atoms with Gasteiger partial charge in [0.25, 0.3) is 0 Å². The van der Waals surface area contributed by atoms with Crippen LogP contribution in [-0.4, -0.2) is 70.7 Å². The molecular weight excluding hydrogens is 307 g/mol. The van der Waals surface area contributed by atoms with Crippen molar-refractivity contribution < 1.29 is 28.2 Å². The first-order valence-electron chi connectivity index (χ1n) is 7.91. The summed E-state index contributed by atoms with van der Waals surface area (Å²) in [6, 6.07) is 0. The van der Waals surface area contributed by atoms with Crippen molar-refractivity contribution >= 4 is 12.3 Å². The van der Waals surface area contributed by atoms with Crippen LogP contribution < -0.4 is 10.6 Å². The zero-order valence-electron chi connectivity index (χ0n) is 14.6. The van der Waals surface area contributed by atoms with Crippen LogP contribution in [0.5, 0.6) is 0 Å². The van der Waals surface area contributed by atoms with Crippen molar-refractivity contribution in [3.05, 3.63) is 0 Å². The summed E-state index contributed by atoms with van der Waals surface area (Å²) in [6.45, 7) is 8.90. The summed E-state index contributed by atoms with van der Waals surface area (Å²) < 4.78 is 28.3. The van der Waals surface area contributed by atoms with E-state index in [2.05, 4.69) is 10.6 Å². The minimum Gasteiger partial charge on any atom is -0.377 e. The van der Waals surface area contributed by atoms with Crippen LogP contribution in [0.4, 0.5) is 4.39 Å². The van der Waals surface area contributed by atoms with Crippen LogP contribution in [0, 0.1) is 0 Å². The fraction of sp³-hybridized carbons (Fsp3) is 0.867. The Morgan fingerprint density at radius 1 is 1.17 bits per heavy atom. The highest BCUT2D eigenvalue weighted by Crippen LogP contribution is 1.90. The monoisotopic (exact) mass is 338 g/mol. The lowest BCUT2D eigenvalue weighted by atomic mass is 10.4. The van der Waals surface area contributed by atoms with E-state index in [9.17, 15) is 14.0 Å². The molecule has 138 valence electrons. The number of hydrogen-bond donors (Lipinski definition) is 2. The van der Waals surface area contributed by atoms with E-state index in [0.29, 0.717) is 26.2 Å². The van der Waals surface area contributed by atoms with Crippen molar-refractivity contribution in [1.29, 1.82) is 0 Å². The highest BCUT2D eigenvalue weighted by atomic mass is 19.1. The zero-order valence-corrected chi connectivity index (χ0v) is 14.6. The number of amides is 2. The van der Waals surface area contributed by atoms with Gasteiger partial charge in [0.05, 0.1) is 39.1 Å². The number of ether oxygens (including phenoxy) is 3. The maximum absolute atomic E-state index is 13.0. The van der Waals surface area contributed by atoms with E-state index in [1.165, 1.54) is 0 Å². The van der Waals surface area contributed by atoms with Crippen LogP contribution in [0.15, 0.2) is 0 Å².